The first kappa shape index (κ1) is 17.5. The Morgan fingerprint density at radius 1 is 1.20 bits per heavy atom. The Bertz CT molecular complexity index is 581. The number of hydrogen-bond donors (Lipinski definition) is 1. The number of ketones is 1. The van der Waals surface area contributed by atoms with Crippen molar-refractivity contribution < 1.29 is 9.59 Å². The molecule has 0 aliphatic rings. The molecule has 110 valence electrons. The van der Waals surface area contributed by atoms with Crippen molar-refractivity contribution in [2.45, 2.75) is 33.1 Å². The van der Waals surface area contributed by atoms with Gasteiger partial charge in [0.15, 0.2) is 5.78 Å². The number of hydrogen-bond acceptors (Lipinski definition) is 3. The summed E-state index contributed by atoms with van der Waals surface area (Å²) in [5.41, 5.74) is 0.298. The van der Waals surface area contributed by atoms with Gasteiger partial charge in [0, 0.05) is 11.8 Å². The highest BCUT2D eigenvalue weighted by Crippen LogP contribution is 2.36. The molecule has 0 saturated heterocycles. The molecule has 0 fully saturated rings. The maximum absolute atomic E-state index is 11.8. The number of amides is 1. The first-order chi connectivity index (χ1) is 9.04. The van der Waals surface area contributed by atoms with E-state index in [9.17, 15) is 9.59 Å². The van der Waals surface area contributed by atoms with Gasteiger partial charge in [-0.15, -0.1) is 11.3 Å². The molecule has 20 heavy (non-hydrogen) atoms. The highest BCUT2D eigenvalue weighted by Gasteiger charge is 2.23. The Morgan fingerprint density at radius 3 is 2.15 bits per heavy atom. The molecule has 0 spiro atoms. The molecule has 1 rings (SSSR count). The SMILES string of the molecule is CC(=O)c1sc(C(C)(C)C)cc1NC(=O)C(Cl)=C(Cl)Cl. The van der Waals surface area contributed by atoms with Crippen molar-refractivity contribution in [2.24, 2.45) is 0 Å². The molecule has 1 heterocycles. The molecule has 0 aliphatic carbocycles. The average Bonchev–Trinajstić information content (AvgIpc) is 2.71. The Kier molecular flexibility index (Phi) is 5.67. The fourth-order valence-electron chi connectivity index (χ4n) is 1.38. The van der Waals surface area contributed by atoms with E-state index in [1.54, 1.807) is 6.07 Å². The summed E-state index contributed by atoms with van der Waals surface area (Å²) in [5, 5.41) is 2.24. The highest BCUT2D eigenvalue weighted by atomic mass is 35.5. The van der Waals surface area contributed by atoms with Crippen molar-refractivity contribution in [3.63, 3.8) is 0 Å². The van der Waals surface area contributed by atoms with Gasteiger partial charge in [0.05, 0.1) is 10.6 Å². The number of carbonyl (C=O) groups is 2. The van der Waals surface area contributed by atoms with Gasteiger partial charge in [-0.25, -0.2) is 0 Å². The molecule has 1 N–H and O–H groups in total. The van der Waals surface area contributed by atoms with Crippen molar-refractivity contribution in [3.05, 3.63) is 25.3 Å². The van der Waals surface area contributed by atoms with Gasteiger partial charge < -0.3 is 5.32 Å². The second-order valence-electron chi connectivity index (χ2n) is 5.19. The largest absolute Gasteiger partial charge is 0.320 e. The maximum Gasteiger partial charge on any atom is 0.269 e. The molecule has 0 aromatic carbocycles. The van der Waals surface area contributed by atoms with Crippen molar-refractivity contribution in [1.82, 2.24) is 0 Å². The number of nitrogens with one attached hydrogen (secondary N) is 1. The Hall–Kier alpha value is -0.550. The Balaban J connectivity index is 3.18. The summed E-state index contributed by atoms with van der Waals surface area (Å²) in [6.07, 6.45) is 0. The predicted molar refractivity (Wildman–Crippen MR) is 86.2 cm³/mol. The summed E-state index contributed by atoms with van der Waals surface area (Å²) in [5.74, 6) is -0.773. The number of thiophene rings is 1. The Labute approximate surface area is 136 Å². The second-order valence-corrected chi connectivity index (χ2v) is 7.57. The number of halogens is 3. The first-order valence-corrected chi connectivity index (χ1v) is 7.66. The molecule has 7 heteroatoms. The molecule has 1 aromatic rings. The van der Waals surface area contributed by atoms with Crippen LogP contribution in [-0.2, 0) is 10.2 Å². The molecule has 0 saturated carbocycles. The number of anilines is 1. The summed E-state index contributed by atoms with van der Waals surface area (Å²) in [7, 11) is 0. The van der Waals surface area contributed by atoms with Crippen LogP contribution in [0.2, 0.25) is 0 Å². The van der Waals surface area contributed by atoms with Crippen LogP contribution in [0.5, 0.6) is 0 Å². The van der Waals surface area contributed by atoms with Gasteiger partial charge in [-0.2, -0.15) is 0 Å². The average molecular weight is 355 g/mol. The highest BCUT2D eigenvalue weighted by molar-refractivity contribution is 7.14. The molecule has 0 radical (unpaired) electrons. The van der Waals surface area contributed by atoms with Crippen molar-refractivity contribution in [1.29, 1.82) is 0 Å². The summed E-state index contributed by atoms with van der Waals surface area (Å²) < 4.78 is -0.320. The van der Waals surface area contributed by atoms with Crippen LogP contribution in [-0.4, -0.2) is 11.7 Å². The molecule has 0 bridgehead atoms. The van der Waals surface area contributed by atoms with Gasteiger partial charge in [-0.05, 0) is 11.5 Å². The zero-order valence-corrected chi connectivity index (χ0v) is 14.5. The van der Waals surface area contributed by atoms with E-state index >= 15 is 0 Å². The lowest BCUT2D eigenvalue weighted by molar-refractivity contribution is -0.112. The quantitative estimate of drug-likeness (QED) is 0.608. The second kappa shape index (κ2) is 6.48. The minimum Gasteiger partial charge on any atom is -0.320 e. The third-order valence-corrected chi connectivity index (χ3v) is 5.00. The van der Waals surface area contributed by atoms with Gasteiger partial charge in [0.1, 0.15) is 9.52 Å². The van der Waals surface area contributed by atoms with E-state index < -0.39 is 5.91 Å². The van der Waals surface area contributed by atoms with Crippen LogP contribution in [0.3, 0.4) is 0 Å². The third kappa shape index (κ3) is 4.22. The van der Waals surface area contributed by atoms with Gasteiger partial charge in [0.2, 0.25) is 0 Å². The van der Waals surface area contributed by atoms with E-state index in [4.69, 9.17) is 34.8 Å². The van der Waals surface area contributed by atoms with E-state index in [2.05, 4.69) is 5.32 Å². The number of Topliss-reactive ketones (excluding diaryl/α,β-unsaturated/α-hetero) is 1. The lowest BCUT2D eigenvalue weighted by Crippen LogP contribution is -2.13. The topological polar surface area (TPSA) is 46.2 Å². The van der Waals surface area contributed by atoms with Crippen molar-refractivity contribution in [2.75, 3.05) is 5.32 Å². The Morgan fingerprint density at radius 2 is 1.75 bits per heavy atom. The fourth-order valence-corrected chi connectivity index (χ4v) is 2.66. The molecule has 1 aromatic heterocycles. The molecule has 0 unspecified atom stereocenters. The van der Waals surface area contributed by atoms with E-state index in [1.165, 1.54) is 18.3 Å². The van der Waals surface area contributed by atoms with Gasteiger partial charge in [0.25, 0.3) is 5.91 Å². The van der Waals surface area contributed by atoms with E-state index in [-0.39, 0.29) is 20.7 Å². The maximum atomic E-state index is 11.8. The van der Waals surface area contributed by atoms with Gasteiger partial charge in [-0.1, -0.05) is 55.6 Å². The summed E-state index contributed by atoms with van der Waals surface area (Å²) in [4.78, 5) is 24.9. The monoisotopic (exact) mass is 353 g/mol. The van der Waals surface area contributed by atoms with Crippen LogP contribution in [0.1, 0.15) is 42.2 Å². The van der Waals surface area contributed by atoms with E-state index in [1.807, 2.05) is 20.8 Å². The summed E-state index contributed by atoms with van der Waals surface area (Å²) in [6, 6.07) is 1.77. The van der Waals surface area contributed by atoms with Crippen LogP contribution in [0, 0.1) is 0 Å². The van der Waals surface area contributed by atoms with Crippen LogP contribution in [0.15, 0.2) is 15.6 Å². The fraction of sp³-hybridized carbons (Fsp3) is 0.385. The first-order valence-electron chi connectivity index (χ1n) is 5.71. The van der Waals surface area contributed by atoms with E-state index in [0.717, 1.165) is 4.88 Å². The lowest BCUT2D eigenvalue weighted by atomic mass is 9.94. The minimum absolute atomic E-state index is 0.123. The summed E-state index contributed by atoms with van der Waals surface area (Å²) in [6.45, 7) is 7.52. The van der Waals surface area contributed by atoms with Crippen LogP contribution in [0.4, 0.5) is 5.69 Å². The molecular weight excluding hydrogens is 341 g/mol. The zero-order valence-electron chi connectivity index (χ0n) is 11.4. The van der Waals surface area contributed by atoms with E-state index in [0.29, 0.717) is 10.6 Å². The number of rotatable bonds is 3. The minimum atomic E-state index is -0.646. The molecule has 0 aliphatic heterocycles. The van der Waals surface area contributed by atoms with Crippen LogP contribution >= 0.6 is 46.1 Å². The zero-order chi connectivity index (χ0) is 15.7. The molecule has 3 nitrogen and oxygen atoms in total. The van der Waals surface area contributed by atoms with Crippen LogP contribution in [0.25, 0.3) is 0 Å². The molecule has 0 atom stereocenters. The van der Waals surface area contributed by atoms with Gasteiger partial charge >= 0.3 is 0 Å². The predicted octanol–water partition coefficient (Wildman–Crippen LogP) is 5.07. The van der Waals surface area contributed by atoms with Crippen LogP contribution < -0.4 is 5.32 Å². The normalized spacial score (nSPS) is 11.2. The summed E-state index contributed by atoms with van der Waals surface area (Å²) >= 11 is 17.9. The lowest BCUT2D eigenvalue weighted by Gasteiger charge is -2.15. The third-order valence-electron chi connectivity index (χ3n) is 2.40. The van der Waals surface area contributed by atoms with Crippen molar-refractivity contribution in [3.8, 4) is 0 Å². The molecule has 1 amide bonds. The molecular formula is C13H14Cl3NO2S. The standard InChI is InChI=1S/C13H14Cl3NO2S/c1-6(18)10-7(5-8(20-10)13(2,3)4)17-12(19)9(14)11(15)16/h5H,1-4H3,(H,17,19). The van der Waals surface area contributed by atoms with Gasteiger partial charge in [-0.3, -0.25) is 9.59 Å². The smallest absolute Gasteiger partial charge is 0.269 e. The number of carbonyl (C=O) groups excluding carboxylic acids is 2. The van der Waals surface area contributed by atoms with Crippen molar-refractivity contribution >= 4 is 63.5 Å².